The zero-order chi connectivity index (χ0) is 31.7. The molecule has 0 radical (unpaired) electrons. The summed E-state index contributed by atoms with van der Waals surface area (Å²) in [4.78, 5) is 18.0. The molecule has 6 rings (SSSR count). The van der Waals surface area contributed by atoms with Crippen LogP contribution in [0.5, 0.6) is 11.5 Å². The van der Waals surface area contributed by atoms with Gasteiger partial charge in [-0.25, -0.2) is 0 Å². The van der Waals surface area contributed by atoms with Gasteiger partial charge in [-0.1, -0.05) is 90.5 Å². The number of benzene rings is 4. The number of aryl methyl sites for hydroxylation is 1. The topological polar surface area (TPSA) is 65.4 Å². The smallest absolute Gasteiger partial charge is 0.220 e. The van der Waals surface area contributed by atoms with Gasteiger partial charge in [0.25, 0.3) is 0 Å². The summed E-state index contributed by atoms with van der Waals surface area (Å²) in [6.45, 7) is 3.77. The highest BCUT2D eigenvalue weighted by molar-refractivity contribution is 5.87. The molecule has 6 aromatic rings. The molecule has 0 fully saturated rings. The molecule has 0 saturated carbocycles. The van der Waals surface area contributed by atoms with Crippen LogP contribution in [0.2, 0.25) is 0 Å². The minimum absolute atomic E-state index is 0.0149. The lowest BCUT2D eigenvalue weighted by molar-refractivity contribution is -0.121. The van der Waals surface area contributed by atoms with E-state index in [0.717, 1.165) is 39.8 Å². The predicted octanol–water partition coefficient (Wildman–Crippen LogP) is 7.86. The van der Waals surface area contributed by atoms with Gasteiger partial charge in [-0.15, -0.1) is 0 Å². The monoisotopic (exact) mass is 609 g/mol. The van der Waals surface area contributed by atoms with Crippen molar-refractivity contribution in [2.24, 2.45) is 0 Å². The average molecular weight is 610 g/mol. The van der Waals surface area contributed by atoms with E-state index < -0.39 is 0 Å². The molecule has 0 saturated heterocycles. The van der Waals surface area contributed by atoms with Gasteiger partial charge in [0.2, 0.25) is 5.91 Å². The van der Waals surface area contributed by atoms with Crippen LogP contribution >= 0.6 is 0 Å². The van der Waals surface area contributed by atoms with Crippen molar-refractivity contribution in [2.75, 3.05) is 13.7 Å². The normalized spacial score (nSPS) is 11.7. The Hall–Kier alpha value is -5.36. The van der Waals surface area contributed by atoms with E-state index in [1.54, 1.807) is 13.3 Å². The van der Waals surface area contributed by atoms with E-state index in [2.05, 4.69) is 76.5 Å². The second-order valence-corrected chi connectivity index (χ2v) is 11.6. The van der Waals surface area contributed by atoms with Crippen LogP contribution in [0.1, 0.15) is 45.8 Å². The lowest BCUT2D eigenvalue weighted by Crippen LogP contribution is -2.27. The van der Waals surface area contributed by atoms with E-state index >= 15 is 0 Å². The molecule has 0 aliphatic heterocycles. The largest absolute Gasteiger partial charge is 0.493 e. The van der Waals surface area contributed by atoms with Crippen LogP contribution in [0.15, 0.2) is 128 Å². The maximum atomic E-state index is 13.6. The third-order valence-corrected chi connectivity index (χ3v) is 8.31. The van der Waals surface area contributed by atoms with E-state index in [4.69, 9.17) is 9.47 Å². The molecule has 6 heteroatoms. The van der Waals surface area contributed by atoms with Gasteiger partial charge in [-0.3, -0.25) is 9.78 Å². The Bertz CT molecular complexity index is 1880. The van der Waals surface area contributed by atoms with Crippen LogP contribution in [0.3, 0.4) is 0 Å². The van der Waals surface area contributed by atoms with Gasteiger partial charge in [0.05, 0.1) is 7.11 Å². The third kappa shape index (κ3) is 7.46. The highest BCUT2D eigenvalue weighted by atomic mass is 16.5. The summed E-state index contributed by atoms with van der Waals surface area (Å²) in [7, 11) is 1.65. The third-order valence-electron chi connectivity index (χ3n) is 8.31. The lowest BCUT2D eigenvalue weighted by Gasteiger charge is -2.20. The first kappa shape index (κ1) is 30.7. The van der Waals surface area contributed by atoms with Crippen molar-refractivity contribution in [3.63, 3.8) is 0 Å². The van der Waals surface area contributed by atoms with Gasteiger partial charge in [0, 0.05) is 60.8 Å². The molecular formula is C40H39N3O3. The lowest BCUT2D eigenvalue weighted by atomic mass is 9.87. The highest BCUT2D eigenvalue weighted by Crippen LogP contribution is 2.39. The highest BCUT2D eigenvalue weighted by Gasteiger charge is 2.24. The number of amides is 1. The van der Waals surface area contributed by atoms with Crippen molar-refractivity contribution in [1.82, 2.24) is 14.9 Å². The van der Waals surface area contributed by atoms with Gasteiger partial charge in [0.15, 0.2) is 11.5 Å². The van der Waals surface area contributed by atoms with Crippen LogP contribution < -0.4 is 14.8 Å². The molecule has 0 aliphatic carbocycles. The van der Waals surface area contributed by atoms with Gasteiger partial charge in [-0.2, -0.15) is 0 Å². The van der Waals surface area contributed by atoms with Gasteiger partial charge in [-0.05, 0) is 59.5 Å². The molecule has 46 heavy (non-hydrogen) atoms. The SMILES string of the molecule is COc1ccc([C@H](CC(=O)NCCc2ccccn2)c2cn(Cc3ccc(C)cc3)c3ccccc23)cc1OCc1ccccc1. The summed E-state index contributed by atoms with van der Waals surface area (Å²) in [5.41, 5.74) is 7.70. The number of hydrogen-bond acceptors (Lipinski definition) is 4. The molecule has 0 unspecified atom stereocenters. The maximum absolute atomic E-state index is 13.6. The number of nitrogens with zero attached hydrogens (tertiary/aromatic N) is 2. The second-order valence-electron chi connectivity index (χ2n) is 11.6. The van der Waals surface area contributed by atoms with Crippen LogP contribution in [0.25, 0.3) is 10.9 Å². The number of rotatable bonds is 13. The minimum atomic E-state index is -0.219. The van der Waals surface area contributed by atoms with Gasteiger partial charge >= 0.3 is 0 Å². The van der Waals surface area contributed by atoms with Gasteiger partial charge < -0.3 is 19.4 Å². The number of nitrogens with one attached hydrogen (secondary N) is 1. The first-order valence-corrected chi connectivity index (χ1v) is 15.7. The van der Waals surface area contributed by atoms with E-state index in [9.17, 15) is 4.79 Å². The standard InChI is InChI=1S/C40H39N3O3/c1-29-15-17-30(18-16-29)26-43-27-36(34-13-6-7-14-37(34)43)35(25-40(44)42-23-21-33-12-8-9-22-41-33)32-19-20-38(45-2)39(24-32)46-28-31-10-4-3-5-11-31/h3-20,22,24,27,35H,21,23,25-26,28H2,1-2H3,(H,42,44)/t35-/m0/s1. The van der Waals surface area contributed by atoms with Crippen molar-refractivity contribution in [1.29, 1.82) is 0 Å². The van der Waals surface area contributed by atoms with Crippen molar-refractivity contribution in [2.45, 2.75) is 38.8 Å². The van der Waals surface area contributed by atoms with Crippen LogP contribution in [-0.2, 0) is 24.4 Å². The summed E-state index contributed by atoms with van der Waals surface area (Å²) in [5, 5.41) is 4.27. The van der Waals surface area contributed by atoms with Crippen LogP contribution in [0.4, 0.5) is 0 Å². The number of methoxy groups -OCH3 is 1. The molecule has 2 aromatic heterocycles. The molecule has 232 valence electrons. The molecule has 6 nitrogen and oxygen atoms in total. The molecule has 2 heterocycles. The Labute approximate surface area is 270 Å². The number of carbonyl (C=O) groups excluding carboxylic acids is 1. The first-order valence-electron chi connectivity index (χ1n) is 15.7. The number of fused-ring (bicyclic) bond motifs is 1. The van der Waals surface area contributed by atoms with E-state index in [1.165, 1.54) is 11.1 Å². The number of pyridine rings is 1. The van der Waals surface area contributed by atoms with E-state index in [1.807, 2.05) is 66.7 Å². The van der Waals surface area contributed by atoms with Crippen molar-refractivity contribution >= 4 is 16.8 Å². The number of ether oxygens (including phenoxy) is 2. The number of hydrogen-bond donors (Lipinski definition) is 1. The Morgan fingerprint density at radius 3 is 2.41 bits per heavy atom. The molecule has 1 amide bonds. The molecule has 0 aliphatic rings. The number of para-hydroxylation sites is 1. The van der Waals surface area contributed by atoms with Crippen molar-refractivity contribution < 1.29 is 14.3 Å². The van der Waals surface area contributed by atoms with Gasteiger partial charge in [0.1, 0.15) is 6.61 Å². The molecule has 4 aromatic carbocycles. The zero-order valence-corrected chi connectivity index (χ0v) is 26.4. The number of carbonyl (C=O) groups is 1. The molecule has 1 atom stereocenters. The van der Waals surface area contributed by atoms with Crippen LogP contribution in [0, 0.1) is 6.92 Å². The Balaban J connectivity index is 1.34. The zero-order valence-electron chi connectivity index (χ0n) is 26.4. The van der Waals surface area contributed by atoms with Crippen molar-refractivity contribution in [3.05, 3.63) is 161 Å². The van der Waals surface area contributed by atoms with E-state index in [-0.39, 0.29) is 18.2 Å². The summed E-state index contributed by atoms with van der Waals surface area (Å²) in [5.74, 6) is 1.07. The fourth-order valence-electron chi connectivity index (χ4n) is 5.87. The molecule has 1 N–H and O–H groups in total. The first-order chi connectivity index (χ1) is 22.6. The summed E-state index contributed by atoms with van der Waals surface area (Å²) >= 11 is 0. The van der Waals surface area contributed by atoms with Crippen molar-refractivity contribution in [3.8, 4) is 11.5 Å². The summed E-state index contributed by atoms with van der Waals surface area (Å²) in [6, 6.07) is 39.0. The molecule has 0 bridgehead atoms. The maximum Gasteiger partial charge on any atom is 0.220 e. The molecular weight excluding hydrogens is 570 g/mol. The number of aromatic nitrogens is 2. The summed E-state index contributed by atoms with van der Waals surface area (Å²) in [6.07, 6.45) is 4.95. The summed E-state index contributed by atoms with van der Waals surface area (Å²) < 4.78 is 14.3. The Morgan fingerprint density at radius 2 is 1.63 bits per heavy atom. The fourth-order valence-corrected chi connectivity index (χ4v) is 5.87. The quantitative estimate of drug-likeness (QED) is 0.145. The molecule has 0 spiro atoms. The van der Waals surface area contributed by atoms with E-state index in [0.29, 0.717) is 31.1 Å². The average Bonchev–Trinajstić information content (AvgIpc) is 3.46. The van der Waals surface area contributed by atoms with Crippen LogP contribution in [-0.4, -0.2) is 29.1 Å². The fraction of sp³-hybridized carbons (Fsp3) is 0.200. The second kappa shape index (κ2) is 14.6. The Morgan fingerprint density at radius 1 is 0.848 bits per heavy atom. The Kier molecular flexibility index (Phi) is 9.74. The predicted molar refractivity (Wildman–Crippen MR) is 183 cm³/mol. The minimum Gasteiger partial charge on any atom is -0.493 e.